The second-order valence-electron chi connectivity index (χ2n) is 5.66. The third-order valence-corrected chi connectivity index (χ3v) is 3.54. The van der Waals surface area contributed by atoms with E-state index in [0.29, 0.717) is 17.7 Å². The first-order valence-corrected chi connectivity index (χ1v) is 7.01. The van der Waals surface area contributed by atoms with Crippen LogP contribution in [-0.4, -0.2) is 28.4 Å². The molecule has 1 saturated carbocycles. The Balaban J connectivity index is 2.18. The van der Waals surface area contributed by atoms with Crippen molar-refractivity contribution in [3.8, 4) is 0 Å². The average molecular weight is 261 g/mol. The molecule has 1 aromatic rings. The number of amidine groups is 1. The Morgan fingerprint density at radius 2 is 2.05 bits per heavy atom. The fourth-order valence-corrected chi connectivity index (χ4v) is 2.65. The first kappa shape index (κ1) is 13.8. The quantitative estimate of drug-likeness (QED) is 0.629. The van der Waals surface area contributed by atoms with Crippen LogP contribution < -0.4 is 10.6 Å². The summed E-state index contributed by atoms with van der Waals surface area (Å²) in [4.78, 5) is 11.0. The number of nitrogen functional groups attached to an aromatic ring is 1. The highest BCUT2D eigenvalue weighted by molar-refractivity contribution is 5.92. The van der Waals surface area contributed by atoms with Crippen LogP contribution in [0.25, 0.3) is 0 Å². The first-order valence-electron chi connectivity index (χ1n) is 7.01. The highest BCUT2D eigenvalue weighted by Crippen LogP contribution is 2.27. The smallest absolute Gasteiger partial charge is 0.147 e. The molecule has 104 valence electrons. The van der Waals surface area contributed by atoms with Crippen molar-refractivity contribution in [1.82, 2.24) is 9.97 Å². The predicted molar refractivity (Wildman–Crippen MR) is 77.5 cm³/mol. The molecule has 5 nitrogen and oxygen atoms in total. The summed E-state index contributed by atoms with van der Waals surface area (Å²) in [5.41, 5.74) is 5.85. The number of nitrogens with one attached hydrogen (secondary N) is 1. The Labute approximate surface area is 114 Å². The first-order chi connectivity index (χ1) is 9.08. The molecule has 0 amide bonds. The van der Waals surface area contributed by atoms with E-state index in [1.54, 1.807) is 12.4 Å². The Bertz CT molecular complexity index is 420. The molecule has 1 fully saturated rings. The van der Waals surface area contributed by atoms with Gasteiger partial charge < -0.3 is 10.6 Å². The van der Waals surface area contributed by atoms with Gasteiger partial charge in [-0.15, -0.1) is 0 Å². The summed E-state index contributed by atoms with van der Waals surface area (Å²) < 4.78 is 0. The Kier molecular flexibility index (Phi) is 4.35. The van der Waals surface area contributed by atoms with Gasteiger partial charge in [0, 0.05) is 12.6 Å². The largest absolute Gasteiger partial charge is 0.382 e. The lowest BCUT2D eigenvalue weighted by Gasteiger charge is -2.31. The number of hydrogen-bond donors (Lipinski definition) is 2. The number of aromatic nitrogens is 2. The van der Waals surface area contributed by atoms with Crippen molar-refractivity contribution in [3.05, 3.63) is 18.1 Å². The molecule has 1 aromatic heterocycles. The molecule has 0 saturated heterocycles. The topological polar surface area (TPSA) is 78.9 Å². The third kappa shape index (κ3) is 3.43. The molecule has 0 spiro atoms. The van der Waals surface area contributed by atoms with Gasteiger partial charge in [0.25, 0.3) is 0 Å². The van der Waals surface area contributed by atoms with Crippen molar-refractivity contribution in [2.45, 2.75) is 45.6 Å². The van der Waals surface area contributed by atoms with E-state index in [4.69, 9.17) is 11.1 Å². The molecule has 0 atom stereocenters. The molecule has 0 aromatic carbocycles. The van der Waals surface area contributed by atoms with Crippen LogP contribution in [0, 0.1) is 11.3 Å². The zero-order valence-corrected chi connectivity index (χ0v) is 11.8. The van der Waals surface area contributed by atoms with Crippen molar-refractivity contribution >= 4 is 11.7 Å². The van der Waals surface area contributed by atoms with Gasteiger partial charge in [0.1, 0.15) is 17.3 Å². The van der Waals surface area contributed by atoms with Crippen LogP contribution in [0.2, 0.25) is 0 Å². The number of nitrogens with zero attached hydrogens (tertiary/aromatic N) is 3. The summed E-state index contributed by atoms with van der Waals surface area (Å²) in [6, 6.07) is 0.583. The van der Waals surface area contributed by atoms with Crippen molar-refractivity contribution in [2.24, 2.45) is 11.7 Å². The van der Waals surface area contributed by atoms with Gasteiger partial charge in [0.15, 0.2) is 0 Å². The van der Waals surface area contributed by atoms with Crippen LogP contribution in [0.15, 0.2) is 12.4 Å². The Morgan fingerprint density at radius 3 is 2.53 bits per heavy atom. The molecule has 1 aliphatic rings. The van der Waals surface area contributed by atoms with Crippen LogP contribution in [0.3, 0.4) is 0 Å². The normalized spacial score (nSPS) is 15.9. The van der Waals surface area contributed by atoms with Gasteiger partial charge >= 0.3 is 0 Å². The molecular weight excluding hydrogens is 238 g/mol. The molecule has 1 aliphatic carbocycles. The molecule has 0 unspecified atom stereocenters. The minimum atomic E-state index is -0.0321. The van der Waals surface area contributed by atoms with Crippen LogP contribution in [0.4, 0.5) is 5.82 Å². The van der Waals surface area contributed by atoms with E-state index in [-0.39, 0.29) is 5.84 Å². The molecule has 0 bridgehead atoms. The monoisotopic (exact) mass is 261 g/mol. The second-order valence-corrected chi connectivity index (χ2v) is 5.66. The van der Waals surface area contributed by atoms with Crippen LogP contribution in [0.5, 0.6) is 0 Å². The zero-order chi connectivity index (χ0) is 13.8. The molecule has 0 radical (unpaired) electrons. The molecule has 19 heavy (non-hydrogen) atoms. The highest BCUT2D eigenvalue weighted by Gasteiger charge is 2.24. The fourth-order valence-electron chi connectivity index (χ4n) is 2.65. The van der Waals surface area contributed by atoms with Crippen molar-refractivity contribution in [2.75, 3.05) is 11.4 Å². The number of rotatable bonds is 5. The van der Waals surface area contributed by atoms with Gasteiger partial charge in [-0.25, -0.2) is 9.97 Å². The van der Waals surface area contributed by atoms with Crippen LogP contribution in [0.1, 0.15) is 45.2 Å². The maximum absolute atomic E-state index is 7.35. The predicted octanol–water partition coefficient (Wildman–Crippen LogP) is 2.17. The molecule has 3 N–H and O–H groups in total. The number of anilines is 1. The molecule has 5 heteroatoms. The van der Waals surface area contributed by atoms with E-state index < -0.39 is 0 Å². The average Bonchev–Trinajstić information content (AvgIpc) is 2.89. The van der Waals surface area contributed by atoms with E-state index in [9.17, 15) is 0 Å². The molecular formula is C14H23N5. The summed E-state index contributed by atoms with van der Waals surface area (Å²) in [7, 11) is 0. The van der Waals surface area contributed by atoms with Crippen molar-refractivity contribution < 1.29 is 0 Å². The summed E-state index contributed by atoms with van der Waals surface area (Å²) in [5.74, 6) is 1.47. The third-order valence-electron chi connectivity index (χ3n) is 3.54. The minimum Gasteiger partial charge on any atom is -0.382 e. The number of nitrogens with two attached hydrogens (primary N) is 1. The van der Waals surface area contributed by atoms with E-state index in [0.717, 1.165) is 12.4 Å². The van der Waals surface area contributed by atoms with Gasteiger partial charge in [-0.05, 0) is 18.8 Å². The van der Waals surface area contributed by atoms with Crippen LogP contribution in [-0.2, 0) is 0 Å². The van der Waals surface area contributed by atoms with E-state index in [1.165, 1.54) is 25.7 Å². The zero-order valence-electron chi connectivity index (χ0n) is 11.8. The van der Waals surface area contributed by atoms with Gasteiger partial charge in [-0.2, -0.15) is 0 Å². The van der Waals surface area contributed by atoms with E-state index >= 15 is 0 Å². The number of hydrogen-bond acceptors (Lipinski definition) is 4. The highest BCUT2D eigenvalue weighted by atomic mass is 15.2. The summed E-state index contributed by atoms with van der Waals surface area (Å²) in [6.45, 7) is 5.44. The molecule has 0 aliphatic heterocycles. The lowest BCUT2D eigenvalue weighted by molar-refractivity contribution is 0.530. The molecule has 1 heterocycles. The van der Waals surface area contributed by atoms with Gasteiger partial charge in [-0.1, -0.05) is 26.7 Å². The van der Waals surface area contributed by atoms with Gasteiger partial charge in [-0.3, -0.25) is 5.41 Å². The van der Waals surface area contributed by atoms with Crippen LogP contribution >= 0.6 is 0 Å². The van der Waals surface area contributed by atoms with E-state index in [2.05, 4.69) is 28.7 Å². The Morgan fingerprint density at radius 1 is 1.37 bits per heavy atom. The minimum absolute atomic E-state index is 0.0321. The van der Waals surface area contributed by atoms with Crippen molar-refractivity contribution in [1.29, 1.82) is 5.41 Å². The fraction of sp³-hybridized carbons (Fsp3) is 0.643. The second kappa shape index (κ2) is 5.99. The standard InChI is InChI=1S/C14H23N5/c1-10(2)9-19(11-5-3-4-6-11)13-8-17-12(7-18-13)14(15)16/h7-8,10-11H,3-6,9H2,1-2H3,(H3,15,16). The SMILES string of the molecule is CC(C)CN(c1cnc(C(=N)N)cn1)C1CCCC1. The maximum Gasteiger partial charge on any atom is 0.147 e. The molecule has 2 rings (SSSR count). The lowest BCUT2D eigenvalue weighted by Crippen LogP contribution is -2.37. The lowest BCUT2D eigenvalue weighted by atomic mass is 10.1. The maximum atomic E-state index is 7.35. The van der Waals surface area contributed by atoms with Crippen molar-refractivity contribution in [3.63, 3.8) is 0 Å². The van der Waals surface area contributed by atoms with Gasteiger partial charge in [0.05, 0.1) is 12.4 Å². The van der Waals surface area contributed by atoms with Gasteiger partial charge in [0.2, 0.25) is 0 Å². The summed E-state index contributed by atoms with van der Waals surface area (Å²) >= 11 is 0. The van der Waals surface area contributed by atoms with E-state index in [1.807, 2.05) is 0 Å². The summed E-state index contributed by atoms with van der Waals surface area (Å²) in [6.07, 6.45) is 8.43. The summed E-state index contributed by atoms with van der Waals surface area (Å²) in [5, 5.41) is 7.35. The Hall–Kier alpha value is -1.65.